The van der Waals surface area contributed by atoms with E-state index in [9.17, 15) is 9.36 Å². The van der Waals surface area contributed by atoms with Gasteiger partial charge in [-0.05, 0) is 49.2 Å². The van der Waals surface area contributed by atoms with E-state index in [1.54, 1.807) is 51.1 Å². The number of halogens is 1. The van der Waals surface area contributed by atoms with Crippen LogP contribution in [0.3, 0.4) is 0 Å². The molecule has 0 radical (unpaired) electrons. The van der Waals surface area contributed by atoms with E-state index < -0.39 is 25.2 Å². The van der Waals surface area contributed by atoms with Gasteiger partial charge in [-0.3, -0.25) is 13.6 Å². The highest BCUT2D eigenvalue weighted by Crippen LogP contribution is 2.57. The van der Waals surface area contributed by atoms with Gasteiger partial charge in [0, 0.05) is 5.56 Å². The highest BCUT2D eigenvalue weighted by Gasteiger charge is 2.54. The van der Waals surface area contributed by atoms with E-state index in [4.69, 9.17) is 18.3 Å². The van der Waals surface area contributed by atoms with Crippen LogP contribution in [-0.4, -0.2) is 25.8 Å². The van der Waals surface area contributed by atoms with E-state index in [0.29, 0.717) is 5.56 Å². The number of phosphoric acid groups is 1. The molecule has 0 saturated heterocycles. The molecule has 3 aromatic carbocycles. The summed E-state index contributed by atoms with van der Waals surface area (Å²) in [5, 5.41) is 1.87. The number of carbonyl (C=O) groups is 1. The third-order valence-corrected chi connectivity index (χ3v) is 6.62. The number of ether oxygens (including phenoxy) is 1. The molecule has 3 rings (SSSR count). The zero-order valence-electron chi connectivity index (χ0n) is 19.4. The Morgan fingerprint density at radius 3 is 2.12 bits per heavy atom. The van der Waals surface area contributed by atoms with Crippen molar-refractivity contribution in [1.82, 2.24) is 0 Å². The number of hydrogen-bond donors (Lipinski definition) is 0. The second kappa shape index (κ2) is 11.5. The van der Waals surface area contributed by atoms with Crippen LogP contribution in [-0.2, 0) is 33.3 Å². The number of phosphoric ester groups is 1. The predicted octanol–water partition coefficient (Wildman–Crippen LogP) is 6.81. The Morgan fingerprint density at radius 1 is 0.882 bits per heavy atom. The van der Waals surface area contributed by atoms with Crippen molar-refractivity contribution in [2.45, 2.75) is 26.4 Å². The maximum absolute atomic E-state index is 16.3. The standard InChI is InChI=1S/C26H28FO6P/c1-4-30-25(28)26(23-14-8-7-9-15-23,33-34(29,31-5-2)32-6-3)24(27)19-20-16-17-21-12-10-11-13-22(21)18-20/h7-19H,4-6H2,1-3H3/b24-19-. The molecule has 0 amide bonds. The van der Waals surface area contributed by atoms with Gasteiger partial charge >= 0.3 is 13.8 Å². The number of benzene rings is 3. The minimum Gasteiger partial charge on any atom is -0.463 e. The molecule has 0 aliphatic rings. The van der Waals surface area contributed by atoms with E-state index in [0.717, 1.165) is 10.8 Å². The van der Waals surface area contributed by atoms with E-state index in [1.807, 2.05) is 30.3 Å². The number of hydrogen-bond acceptors (Lipinski definition) is 6. The van der Waals surface area contributed by atoms with Crippen LogP contribution in [0.15, 0.2) is 78.6 Å². The monoisotopic (exact) mass is 486 g/mol. The highest BCUT2D eigenvalue weighted by molar-refractivity contribution is 7.48. The molecule has 0 aliphatic heterocycles. The number of carbonyl (C=O) groups excluding carboxylic acids is 1. The first-order valence-electron chi connectivity index (χ1n) is 11.1. The predicted molar refractivity (Wildman–Crippen MR) is 130 cm³/mol. The van der Waals surface area contributed by atoms with E-state index >= 15 is 4.39 Å². The fourth-order valence-electron chi connectivity index (χ4n) is 3.51. The molecule has 3 aromatic rings. The van der Waals surface area contributed by atoms with E-state index in [2.05, 4.69) is 0 Å². The van der Waals surface area contributed by atoms with Crippen LogP contribution in [0.5, 0.6) is 0 Å². The molecule has 1 atom stereocenters. The summed E-state index contributed by atoms with van der Waals surface area (Å²) in [5.74, 6) is -2.09. The molecule has 180 valence electrons. The minimum absolute atomic E-state index is 0.0407. The Hall–Kier alpha value is -2.83. The van der Waals surface area contributed by atoms with Gasteiger partial charge in [0.15, 0.2) is 0 Å². The fourth-order valence-corrected chi connectivity index (χ4v) is 4.93. The third-order valence-electron chi connectivity index (χ3n) is 4.97. The summed E-state index contributed by atoms with van der Waals surface area (Å²) in [6.45, 7) is 4.63. The maximum Gasteiger partial charge on any atom is 0.476 e. The lowest BCUT2D eigenvalue weighted by Crippen LogP contribution is -2.41. The molecule has 6 nitrogen and oxygen atoms in total. The van der Waals surface area contributed by atoms with Crippen LogP contribution in [0.1, 0.15) is 31.9 Å². The molecular formula is C26H28FO6P. The van der Waals surface area contributed by atoms with Crippen LogP contribution in [0, 0.1) is 0 Å². The molecule has 0 aliphatic carbocycles. The van der Waals surface area contributed by atoms with Gasteiger partial charge in [0.05, 0.1) is 19.8 Å². The molecule has 0 N–H and O–H groups in total. The van der Waals surface area contributed by atoms with Crippen molar-refractivity contribution >= 4 is 30.6 Å². The van der Waals surface area contributed by atoms with Crippen molar-refractivity contribution in [3.05, 3.63) is 89.8 Å². The van der Waals surface area contributed by atoms with Gasteiger partial charge in [-0.2, -0.15) is 0 Å². The summed E-state index contributed by atoms with van der Waals surface area (Å²) >= 11 is 0. The summed E-state index contributed by atoms with van der Waals surface area (Å²) in [4.78, 5) is 13.3. The minimum atomic E-state index is -4.36. The molecule has 1 unspecified atom stereocenters. The lowest BCUT2D eigenvalue weighted by molar-refractivity contribution is -0.162. The first kappa shape index (κ1) is 25.8. The average molecular weight is 486 g/mol. The summed E-state index contributed by atoms with van der Waals surface area (Å²) in [7, 11) is -4.36. The van der Waals surface area contributed by atoms with Crippen LogP contribution in [0.25, 0.3) is 16.8 Å². The van der Waals surface area contributed by atoms with Crippen molar-refractivity contribution in [1.29, 1.82) is 0 Å². The van der Waals surface area contributed by atoms with Crippen molar-refractivity contribution in [3.8, 4) is 0 Å². The Morgan fingerprint density at radius 2 is 1.50 bits per heavy atom. The van der Waals surface area contributed by atoms with Gasteiger partial charge < -0.3 is 4.74 Å². The second-order valence-corrected chi connectivity index (χ2v) is 8.83. The maximum atomic E-state index is 16.3. The Labute approximate surface area is 198 Å². The molecule has 0 heterocycles. The quantitative estimate of drug-likeness (QED) is 0.219. The molecule has 34 heavy (non-hydrogen) atoms. The summed E-state index contributed by atoms with van der Waals surface area (Å²) in [5.41, 5.74) is -1.95. The lowest BCUT2D eigenvalue weighted by atomic mass is 9.91. The summed E-state index contributed by atoms with van der Waals surface area (Å²) in [6.07, 6.45) is 1.17. The topological polar surface area (TPSA) is 71.1 Å². The normalized spacial score (nSPS) is 14.1. The van der Waals surface area contributed by atoms with Gasteiger partial charge in [0.2, 0.25) is 0 Å². The number of fused-ring (bicyclic) bond motifs is 1. The van der Waals surface area contributed by atoms with Gasteiger partial charge in [0.25, 0.3) is 5.60 Å². The van der Waals surface area contributed by atoms with Gasteiger partial charge in [-0.25, -0.2) is 13.8 Å². The van der Waals surface area contributed by atoms with Gasteiger partial charge in [-0.15, -0.1) is 0 Å². The second-order valence-electron chi connectivity index (χ2n) is 7.24. The SMILES string of the molecule is CCOC(=O)C(OP(=O)(OCC)OCC)(/C(F)=C/c1ccc2ccccc2c1)c1ccccc1. The van der Waals surface area contributed by atoms with Crippen LogP contribution < -0.4 is 0 Å². The molecule has 8 heteroatoms. The molecule has 0 saturated carbocycles. The van der Waals surface area contributed by atoms with Crippen molar-refractivity contribution in [2.24, 2.45) is 0 Å². The Kier molecular flexibility index (Phi) is 8.75. The van der Waals surface area contributed by atoms with Gasteiger partial charge in [-0.1, -0.05) is 66.7 Å². The van der Waals surface area contributed by atoms with Crippen molar-refractivity contribution in [3.63, 3.8) is 0 Å². The van der Waals surface area contributed by atoms with Crippen molar-refractivity contribution in [2.75, 3.05) is 19.8 Å². The zero-order chi connectivity index (χ0) is 24.6. The summed E-state index contributed by atoms with van der Waals surface area (Å²) in [6, 6.07) is 20.9. The molecule has 0 bridgehead atoms. The third kappa shape index (κ3) is 5.62. The molecular weight excluding hydrogens is 458 g/mol. The fraction of sp³-hybridized carbons (Fsp3) is 0.269. The Balaban J connectivity index is 2.23. The van der Waals surface area contributed by atoms with Gasteiger partial charge in [0.1, 0.15) is 5.83 Å². The van der Waals surface area contributed by atoms with Crippen LogP contribution in [0.4, 0.5) is 4.39 Å². The zero-order valence-corrected chi connectivity index (χ0v) is 20.3. The molecule has 0 aromatic heterocycles. The first-order chi connectivity index (χ1) is 16.4. The average Bonchev–Trinajstić information content (AvgIpc) is 2.83. The first-order valence-corrected chi connectivity index (χ1v) is 12.5. The van der Waals surface area contributed by atoms with Crippen LogP contribution in [0.2, 0.25) is 0 Å². The molecule has 0 fully saturated rings. The number of esters is 1. The largest absolute Gasteiger partial charge is 0.476 e. The van der Waals surface area contributed by atoms with E-state index in [-0.39, 0.29) is 25.4 Å². The summed E-state index contributed by atoms with van der Waals surface area (Å²) < 4.78 is 51.1. The Bertz CT molecular complexity index is 1190. The smallest absolute Gasteiger partial charge is 0.463 e. The number of rotatable bonds is 11. The molecule has 0 spiro atoms. The van der Waals surface area contributed by atoms with E-state index in [1.165, 1.54) is 18.2 Å². The highest BCUT2D eigenvalue weighted by atomic mass is 31.2. The van der Waals surface area contributed by atoms with Crippen LogP contribution >= 0.6 is 7.82 Å². The lowest BCUT2D eigenvalue weighted by Gasteiger charge is -2.33. The van der Waals surface area contributed by atoms with Crippen molar-refractivity contribution < 1.29 is 32.1 Å².